The van der Waals surface area contributed by atoms with Crippen molar-refractivity contribution < 1.29 is 24.3 Å². The number of carbonyl (C=O) groups is 1. The molecule has 0 unspecified atom stereocenters. The Balaban J connectivity index is 2.21. The fourth-order valence-corrected chi connectivity index (χ4v) is 3.34. The molecule has 0 aliphatic heterocycles. The highest BCUT2D eigenvalue weighted by Crippen LogP contribution is 2.34. The van der Waals surface area contributed by atoms with Crippen LogP contribution >= 0.6 is 11.6 Å². The van der Waals surface area contributed by atoms with E-state index in [1.807, 2.05) is 38.1 Å². The Kier molecular flexibility index (Phi) is 5.98. The van der Waals surface area contributed by atoms with Crippen LogP contribution in [0.5, 0.6) is 5.75 Å². The molecule has 0 bridgehead atoms. The minimum atomic E-state index is -1.64. The molecule has 2 aromatic carbocycles. The molecule has 0 fully saturated rings. The summed E-state index contributed by atoms with van der Waals surface area (Å²) in [6, 6.07) is 12.1. The molecule has 1 aromatic heterocycles. The minimum absolute atomic E-state index is 0.0473. The number of ether oxygens (including phenoxy) is 2. The third-order valence-corrected chi connectivity index (χ3v) is 4.55. The number of hydrogen-bond donors (Lipinski definition) is 2. The number of nitrogens with zero attached hydrogens (tertiary/aromatic N) is 1. The molecule has 0 spiro atoms. The van der Waals surface area contributed by atoms with Crippen LogP contribution in [-0.2, 0) is 4.74 Å². The third-order valence-electron chi connectivity index (χ3n) is 4.16. The fraction of sp³-hybridized carbons (Fsp3) is 0.250. The van der Waals surface area contributed by atoms with Gasteiger partial charge in [0.15, 0.2) is 5.69 Å². The van der Waals surface area contributed by atoms with Crippen molar-refractivity contribution in [1.29, 1.82) is 0 Å². The van der Waals surface area contributed by atoms with Crippen LogP contribution in [0.1, 0.15) is 31.3 Å². The molecule has 0 saturated carbocycles. The van der Waals surface area contributed by atoms with E-state index in [2.05, 4.69) is 0 Å². The van der Waals surface area contributed by atoms with E-state index < -0.39 is 13.1 Å². The first-order valence-corrected chi connectivity index (χ1v) is 9.35. The molecule has 2 N–H and O–H groups in total. The Hall–Kier alpha value is -2.48. The third kappa shape index (κ3) is 3.87. The minimum Gasteiger partial charge on any atom is -0.491 e. The topological polar surface area (TPSA) is 80.9 Å². The van der Waals surface area contributed by atoms with E-state index in [4.69, 9.17) is 21.1 Å². The second-order valence-electron chi connectivity index (χ2n) is 6.53. The molecule has 0 aliphatic rings. The first kappa shape index (κ1) is 20.3. The first-order chi connectivity index (χ1) is 13.3. The second kappa shape index (κ2) is 8.26. The zero-order valence-electron chi connectivity index (χ0n) is 15.8. The Labute approximate surface area is 168 Å². The lowest BCUT2D eigenvalue weighted by atomic mass is 9.80. The lowest BCUT2D eigenvalue weighted by Crippen LogP contribution is -2.29. The van der Waals surface area contributed by atoms with Crippen LogP contribution in [0.25, 0.3) is 16.6 Å². The molecule has 146 valence electrons. The molecule has 6 nitrogen and oxygen atoms in total. The Morgan fingerprint density at radius 2 is 1.86 bits per heavy atom. The molecular weight excluding hydrogens is 380 g/mol. The summed E-state index contributed by atoms with van der Waals surface area (Å²) in [5.74, 6) is 0.155. The van der Waals surface area contributed by atoms with E-state index in [9.17, 15) is 14.8 Å². The zero-order valence-corrected chi connectivity index (χ0v) is 16.6. The lowest BCUT2D eigenvalue weighted by molar-refractivity contribution is 0.0517. The lowest BCUT2D eigenvalue weighted by Gasteiger charge is -2.13. The zero-order chi connectivity index (χ0) is 20.4. The average Bonchev–Trinajstić information content (AvgIpc) is 2.94. The van der Waals surface area contributed by atoms with Crippen molar-refractivity contribution in [2.24, 2.45) is 0 Å². The van der Waals surface area contributed by atoms with Crippen molar-refractivity contribution in [3.05, 3.63) is 53.2 Å². The number of fused-ring (bicyclic) bond motifs is 1. The molecular formula is C20H21BClNO5. The molecule has 0 radical (unpaired) electrons. The van der Waals surface area contributed by atoms with Crippen molar-refractivity contribution in [3.63, 3.8) is 0 Å². The van der Waals surface area contributed by atoms with Crippen LogP contribution in [0.3, 0.4) is 0 Å². The van der Waals surface area contributed by atoms with Gasteiger partial charge in [-0.15, -0.1) is 0 Å². The van der Waals surface area contributed by atoms with E-state index >= 15 is 0 Å². The standard InChI is InChI=1S/C20H21BClNO5/c1-4-27-20(24)19-18(22)16-11-13(21(25)26)5-10-17(16)23(19)14-6-8-15(9-7-14)28-12(2)3/h5-12,25-26H,4H2,1-3H3. The van der Waals surface area contributed by atoms with Crippen molar-refractivity contribution in [2.45, 2.75) is 26.9 Å². The molecule has 0 atom stereocenters. The van der Waals surface area contributed by atoms with Crippen LogP contribution in [0.2, 0.25) is 5.02 Å². The number of hydrogen-bond acceptors (Lipinski definition) is 5. The highest BCUT2D eigenvalue weighted by molar-refractivity contribution is 6.59. The van der Waals surface area contributed by atoms with Gasteiger partial charge in [-0.05, 0) is 56.6 Å². The number of rotatable bonds is 6. The molecule has 28 heavy (non-hydrogen) atoms. The number of benzene rings is 2. The quantitative estimate of drug-likeness (QED) is 0.490. The maximum Gasteiger partial charge on any atom is 0.488 e. The SMILES string of the molecule is CCOC(=O)c1c(Cl)c2cc(B(O)O)ccc2n1-c1ccc(OC(C)C)cc1. The van der Waals surface area contributed by atoms with E-state index in [1.54, 1.807) is 29.7 Å². The van der Waals surface area contributed by atoms with E-state index in [-0.39, 0.29) is 28.9 Å². The fourth-order valence-electron chi connectivity index (χ4n) is 3.03. The maximum absolute atomic E-state index is 12.6. The summed E-state index contributed by atoms with van der Waals surface area (Å²) >= 11 is 6.51. The van der Waals surface area contributed by atoms with Gasteiger partial charge >= 0.3 is 13.1 Å². The van der Waals surface area contributed by atoms with Gasteiger partial charge in [-0.3, -0.25) is 0 Å². The van der Waals surface area contributed by atoms with Crippen LogP contribution < -0.4 is 10.2 Å². The normalized spacial score (nSPS) is 11.1. The largest absolute Gasteiger partial charge is 0.491 e. The average molecular weight is 402 g/mol. The summed E-state index contributed by atoms with van der Waals surface area (Å²) in [6.45, 7) is 5.81. The predicted molar refractivity (Wildman–Crippen MR) is 110 cm³/mol. The van der Waals surface area contributed by atoms with E-state index in [1.165, 1.54) is 0 Å². The van der Waals surface area contributed by atoms with Gasteiger partial charge < -0.3 is 24.1 Å². The maximum atomic E-state index is 12.6. The molecule has 0 saturated heterocycles. The molecule has 3 aromatic rings. The molecule has 1 heterocycles. The molecule has 0 aliphatic carbocycles. The second-order valence-corrected chi connectivity index (χ2v) is 6.91. The van der Waals surface area contributed by atoms with Gasteiger partial charge in [0.05, 0.1) is 23.3 Å². The Morgan fingerprint density at radius 1 is 1.18 bits per heavy atom. The van der Waals surface area contributed by atoms with Crippen molar-refractivity contribution in [2.75, 3.05) is 6.61 Å². The highest BCUT2D eigenvalue weighted by Gasteiger charge is 2.25. The summed E-state index contributed by atoms with van der Waals surface area (Å²) in [6.07, 6.45) is 0.0473. The van der Waals surface area contributed by atoms with E-state index in [0.29, 0.717) is 22.3 Å². The van der Waals surface area contributed by atoms with Crippen molar-refractivity contribution >= 4 is 41.1 Å². The summed E-state index contributed by atoms with van der Waals surface area (Å²) in [4.78, 5) is 12.6. The van der Waals surface area contributed by atoms with Crippen molar-refractivity contribution in [3.8, 4) is 11.4 Å². The van der Waals surface area contributed by atoms with Gasteiger partial charge in [0, 0.05) is 11.1 Å². The van der Waals surface area contributed by atoms with Gasteiger partial charge in [-0.25, -0.2) is 4.79 Å². The summed E-state index contributed by atoms with van der Waals surface area (Å²) in [5.41, 5.74) is 1.81. The van der Waals surface area contributed by atoms with Gasteiger partial charge in [0.25, 0.3) is 0 Å². The summed E-state index contributed by atoms with van der Waals surface area (Å²) in [7, 11) is -1.64. The van der Waals surface area contributed by atoms with Gasteiger partial charge in [-0.1, -0.05) is 23.7 Å². The molecule has 0 amide bonds. The summed E-state index contributed by atoms with van der Waals surface area (Å²) in [5, 5.41) is 19.6. The summed E-state index contributed by atoms with van der Waals surface area (Å²) < 4.78 is 12.6. The molecule has 8 heteroatoms. The van der Waals surface area contributed by atoms with Crippen LogP contribution in [0.4, 0.5) is 0 Å². The van der Waals surface area contributed by atoms with Gasteiger partial charge in [0.2, 0.25) is 0 Å². The number of esters is 1. The van der Waals surface area contributed by atoms with Crippen LogP contribution in [0.15, 0.2) is 42.5 Å². The van der Waals surface area contributed by atoms with E-state index in [0.717, 1.165) is 0 Å². The van der Waals surface area contributed by atoms with Gasteiger partial charge in [0.1, 0.15) is 5.75 Å². The molecule has 3 rings (SSSR count). The Morgan fingerprint density at radius 3 is 2.43 bits per heavy atom. The highest BCUT2D eigenvalue weighted by atomic mass is 35.5. The monoisotopic (exact) mass is 401 g/mol. The van der Waals surface area contributed by atoms with Crippen molar-refractivity contribution in [1.82, 2.24) is 4.57 Å². The van der Waals surface area contributed by atoms with Gasteiger partial charge in [-0.2, -0.15) is 0 Å². The van der Waals surface area contributed by atoms with Crippen LogP contribution in [-0.4, -0.2) is 40.4 Å². The smallest absolute Gasteiger partial charge is 0.488 e. The number of aromatic nitrogens is 1. The number of halogens is 1. The van der Waals surface area contributed by atoms with Crippen LogP contribution in [0, 0.1) is 0 Å². The first-order valence-electron chi connectivity index (χ1n) is 8.97. The Bertz CT molecular complexity index is 998. The number of carbonyl (C=O) groups excluding carboxylic acids is 1. The predicted octanol–water partition coefficient (Wildman–Crippen LogP) is 2.93.